The van der Waals surface area contributed by atoms with Crippen LogP contribution < -0.4 is 16.4 Å². The first-order valence-electron chi connectivity index (χ1n) is 14.7. The minimum absolute atomic E-state index is 0.0533. The van der Waals surface area contributed by atoms with Crippen molar-refractivity contribution in [3.8, 4) is 11.3 Å². The fourth-order valence-corrected chi connectivity index (χ4v) is 5.24. The Bertz CT molecular complexity index is 1680. The molecule has 230 valence electrons. The lowest BCUT2D eigenvalue weighted by molar-refractivity contribution is -0.137. The van der Waals surface area contributed by atoms with E-state index >= 15 is 0 Å². The minimum atomic E-state index is -4.55. The SMILES string of the molecule is C[C@@H]1CCn2nc(-c3ccc(C(=O)Nc4cc(C(F)(F)F)ccn4)cc3)c3c(N)ncc(c32)/C=C/CCCCCCC(=O)N1. The summed E-state index contributed by atoms with van der Waals surface area (Å²) in [6, 6.07) is 8.12. The number of carbonyl (C=O) groups excluding carboxylic acids is 2. The third kappa shape index (κ3) is 7.24. The molecular formula is C32H34F3N7O2. The van der Waals surface area contributed by atoms with Gasteiger partial charge in [0.2, 0.25) is 5.91 Å². The van der Waals surface area contributed by atoms with Crippen LogP contribution >= 0.6 is 0 Å². The quantitative estimate of drug-likeness (QED) is 0.241. The normalized spacial score (nSPS) is 17.6. The van der Waals surface area contributed by atoms with E-state index in [0.29, 0.717) is 41.8 Å². The number of hydrogen-bond acceptors (Lipinski definition) is 6. The summed E-state index contributed by atoms with van der Waals surface area (Å²) < 4.78 is 41.1. The van der Waals surface area contributed by atoms with Crippen LogP contribution in [0, 0.1) is 0 Å². The van der Waals surface area contributed by atoms with Gasteiger partial charge in [0.25, 0.3) is 5.91 Å². The number of rotatable bonds is 3. The molecule has 4 heterocycles. The van der Waals surface area contributed by atoms with E-state index in [4.69, 9.17) is 10.8 Å². The summed E-state index contributed by atoms with van der Waals surface area (Å²) in [5.41, 5.74) is 8.71. The molecule has 1 aliphatic heterocycles. The molecule has 4 N–H and O–H groups in total. The number of hydrogen-bond donors (Lipinski definition) is 3. The number of nitrogen functional groups attached to an aromatic ring is 1. The lowest BCUT2D eigenvalue weighted by Gasteiger charge is -2.15. The Morgan fingerprint density at radius 1 is 1.09 bits per heavy atom. The van der Waals surface area contributed by atoms with Gasteiger partial charge in [-0.1, -0.05) is 37.1 Å². The van der Waals surface area contributed by atoms with Crippen LogP contribution in [0.1, 0.15) is 73.4 Å². The first-order chi connectivity index (χ1) is 21.1. The van der Waals surface area contributed by atoms with Crippen LogP contribution in [-0.4, -0.2) is 37.6 Å². The van der Waals surface area contributed by atoms with Gasteiger partial charge in [0.1, 0.15) is 17.3 Å². The van der Waals surface area contributed by atoms with Gasteiger partial charge in [-0.05, 0) is 56.9 Å². The van der Waals surface area contributed by atoms with Gasteiger partial charge >= 0.3 is 6.18 Å². The molecule has 1 atom stereocenters. The Balaban J connectivity index is 1.45. The van der Waals surface area contributed by atoms with Crippen molar-refractivity contribution in [1.29, 1.82) is 0 Å². The number of nitrogens with one attached hydrogen (secondary N) is 2. The Morgan fingerprint density at radius 3 is 2.64 bits per heavy atom. The molecule has 0 aliphatic carbocycles. The van der Waals surface area contributed by atoms with E-state index in [9.17, 15) is 22.8 Å². The summed E-state index contributed by atoms with van der Waals surface area (Å²) >= 11 is 0. The van der Waals surface area contributed by atoms with Crippen molar-refractivity contribution in [2.75, 3.05) is 11.1 Å². The van der Waals surface area contributed by atoms with Crippen LogP contribution in [0.5, 0.6) is 0 Å². The van der Waals surface area contributed by atoms with E-state index < -0.39 is 17.6 Å². The molecule has 12 heteroatoms. The van der Waals surface area contributed by atoms with E-state index in [2.05, 4.69) is 26.7 Å². The lowest BCUT2D eigenvalue weighted by Crippen LogP contribution is -2.33. The van der Waals surface area contributed by atoms with Crippen molar-refractivity contribution < 1.29 is 22.8 Å². The van der Waals surface area contributed by atoms with Gasteiger partial charge in [-0.2, -0.15) is 18.3 Å². The molecule has 0 fully saturated rings. The summed E-state index contributed by atoms with van der Waals surface area (Å²) in [6.07, 6.45) is 8.38. The number of carbonyl (C=O) groups is 2. The largest absolute Gasteiger partial charge is 0.416 e. The highest BCUT2D eigenvalue weighted by Crippen LogP contribution is 2.34. The van der Waals surface area contributed by atoms with Crippen LogP contribution in [-0.2, 0) is 17.5 Å². The number of pyridine rings is 2. The summed E-state index contributed by atoms with van der Waals surface area (Å²) in [5, 5.41) is 11.1. The van der Waals surface area contributed by atoms with Crippen LogP contribution in [0.15, 0.2) is 54.9 Å². The maximum absolute atomic E-state index is 13.1. The average molecular weight is 606 g/mol. The van der Waals surface area contributed by atoms with E-state index in [1.165, 1.54) is 0 Å². The van der Waals surface area contributed by atoms with Gasteiger partial charge in [-0.15, -0.1) is 0 Å². The molecular weight excluding hydrogens is 571 g/mol. The van der Waals surface area contributed by atoms with Gasteiger partial charge in [-0.25, -0.2) is 9.97 Å². The maximum Gasteiger partial charge on any atom is 0.416 e. The smallest absolute Gasteiger partial charge is 0.383 e. The zero-order valence-electron chi connectivity index (χ0n) is 24.3. The van der Waals surface area contributed by atoms with Crippen LogP contribution in [0.2, 0.25) is 0 Å². The van der Waals surface area contributed by atoms with Crippen molar-refractivity contribution in [3.05, 3.63) is 71.6 Å². The highest BCUT2D eigenvalue weighted by molar-refractivity contribution is 6.06. The van der Waals surface area contributed by atoms with E-state index in [1.54, 1.807) is 30.5 Å². The van der Waals surface area contributed by atoms with Gasteiger partial charge in [-0.3, -0.25) is 14.3 Å². The molecule has 2 amide bonds. The van der Waals surface area contributed by atoms with Crippen molar-refractivity contribution in [3.63, 3.8) is 0 Å². The van der Waals surface area contributed by atoms with E-state index in [-0.39, 0.29) is 23.3 Å². The minimum Gasteiger partial charge on any atom is -0.383 e. The molecule has 0 saturated heterocycles. The first-order valence-corrected chi connectivity index (χ1v) is 14.7. The molecule has 44 heavy (non-hydrogen) atoms. The van der Waals surface area contributed by atoms with Crippen LogP contribution in [0.3, 0.4) is 0 Å². The van der Waals surface area contributed by atoms with Crippen molar-refractivity contribution in [1.82, 2.24) is 25.1 Å². The van der Waals surface area contributed by atoms with E-state index in [0.717, 1.165) is 61.5 Å². The van der Waals surface area contributed by atoms with Crippen molar-refractivity contribution in [2.45, 2.75) is 70.6 Å². The second-order valence-corrected chi connectivity index (χ2v) is 11.0. The monoisotopic (exact) mass is 605 g/mol. The number of nitrogens with zero attached hydrogens (tertiary/aromatic N) is 4. The fraction of sp³-hybridized carbons (Fsp3) is 0.344. The molecule has 9 nitrogen and oxygen atoms in total. The number of allylic oxidation sites excluding steroid dienone is 1. The first kappa shape index (κ1) is 30.7. The number of alkyl halides is 3. The predicted molar refractivity (Wildman–Crippen MR) is 164 cm³/mol. The Morgan fingerprint density at radius 2 is 1.86 bits per heavy atom. The van der Waals surface area contributed by atoms with Gasteiger partial charge in [0, 0.05) is 48.1 Å². The number of amides is 2. The molecule has 5 rings (SSSR count). The highest BCUT2D eigenvalue weighted by atomic mass is 19.4. The molecule has 0 unspecified atom stereocenters. The molecule has 4 aromatic rings. The molecule has 0 radical (unpaired) electrons. The summed E-state index contributed by atoms with van der Waals surface area (Å²) in [5.74, 6) is -0.443. The second kappa shape index (κ2) is 13.3. The van der Waals surface area contributed by atoms with Crippen molar-refractivity contribution in [2.24, 2.45) is 0 Å². The highest BCUT2D eigenvalue weighted by Gasteiger charge is 2.31. The molecule has 3 aromatic heterocycles. The summed E-state index contributed by atoms with van der Waals surface area (Å²) in [7, 11) is 0. The number of aromatic nitrogens is 4. The van der Waals surface area contributed by atoms with Gasteiger partial charge in [0.15, 0.2) is 0 Å². The number of benzene rings is 1. The Labute approximate surface area is 252 Å². The van der Waals surface area contributed by atoms with Crippen LogP contribution in [0.4, 0.5) is 24.8 Å². The second-order valence-electron chi connectivity index (χ2n) is 11.0. The number of aryl methyl sites for hydroxylation is 1. The van der Waals surface area contributed by atoms with E-state index in [1.807, 2.05) is 17.7 Å². The third-order valence-electron chi connectivity index (χ3n) is 7.58. The molecule has 0 bridgehead atoms. The molecule has 0 spiro atoms. The zero-order valence-corrected chi connectivity index (χ0v) is 24.3. The average Bonchev–Trinajstić information content (AvgIpc) is 3.38. The predicted octanol–water partition coefficient (Wildman–Crippen LogP) is 6.61. The topological polar surface area (TPSA) is 128 Å². The molecule has 0 saturated carbocycles. The molecule has 1 aliphatic rings. The lowest BCUT2D eigenvalue weighted by atomic mass is 10.0. The zero-order chi connectivity index (χ0) is 31.3. The number of nitrogens with two attached hydrogens (primary N) is 1. The number of halogens is 3. The van der Waals surface area contributed by atoms with Crippen LogP contribution in [0.25, 0.3) is 28.2 Å². The standard InChI is InChI=1S/C32H34F3N7O2/c1-20-15-17-42-29-23(8-6-4-2-3-5-7-9-26(43)39-20)19-38-30(36)27(29)28(41-42)21-10-12-22(13-11-21)31(44)40-25-18-24(14-16-37-25)32(33,34)35/h6,8,10-14,16,18-20H,2-5,7,9,15,17H2,1H3,(H2,36,38)(H,39,43)(H,37,40,44)/b8-6+/t20-/m1/s1. The maximum atomic E-state index is 13.1. The summed E-state index contributed by atoms with van der Waals surface area (Å²) in [4.78, 5) is 33.5. The summed E-state index contributed by atoms with van der Waals surface area (Å²) in [6.45, 7) is 2.50. The Kier molecular flexibility index (Phi) is 9.26. The van der Waals surface area contributed by atoms with Crippen molar-refractivity contribution >= 4 is 40.4 Å². The molecule has 1 aromatic carbocycles. The number of anilines is 2. The van der Waals surface area contributed by atoms with Gasteiger partial charge < -0.3 is 16.4 Å². The van der Waals surface area contributed by atoms with Gasteiger partial charge in [0.05, 0.1) is 16.5 Å². The Hall–Kier alpha value is -4.74. The fourth-order valence-electron chi connectivity index (χ4n) is 5.24. The third-order valence-corrected chi connectivity index (χ3v) is 7.58.